The van der Waals surface area contributed by atoms with E-state index in [-0.39, 0.29) is 0 Å². The lowest BCUT2D eigenvalue weighted by molar-refractivity contribution is 1.18. The molecule has 0 N–H and O–H groups in total. The maximum atomic E-state index is 10.6. The molecule has 1 heterocycles. The van der Waals surface area contributed by atoms with Gasteiger partial charge in [-0.05, 0) is 79.7 Å². The van der Waals surface area contributed by atoms with Gasteiger partial charge in [0.2, 0.25) is 0 Å². The van der Waals surface area contributed by atoms with Crippen molar-refractivity contribution in [2.45, 2.75) is 0 Å². The van der Waals surface area contributed by atoms with Crippen molar-refractivity contribution in [2.75, 3.05) is 0 Å². The van der Waals surface area contributed by atoms with Crippen LogP contribution in [0.25, 0.3) is 43.5 Å². The van der Waals surface area contributed by atoms with Crippen molar-refractivity contribution in [3.8, 4) is 29.0 Å². The highest BCUT2D eigenvalue weighted by molar-refractivity contribution is 7.19. The summed E-state index contributed by atoms with van der Waals surface area (Å²) in [6.07, 6.45) is 0. The molecule has 0 unspecified atom stereocenters. The van der Waals surface area contributed by atoms with Crippen LogP contribution in [0.15, 0.2) is 170 Å². The number of hydrogen-bond acceptors (Lipinski definition) is 2. The molecule has 5 heteroatoms. The Labute approximate surface area is 291 Å². The van der Waals surface area contributed by atoms with E-state index in [1.54, 1.807) is 6.07 Å². The summed E-state index contributed by atoms with van der Waals surface area (Å²) < 4.78 is 2.11. The van der Waals surface area contributed by atoms with Gasteiger partial charge in [0.1, 0.15) is 0 Å². The van der Waals surface area contributed by atoms with Crippen LogP contribution in [0.1, 0.15) is 11.1 Å². The Morgan fingerprint density at radius 1 is 0.520 bits per heavy atom. The first-order chi connectivity index (χ1) is 24.6. The molecule has 1 aromatic heterocycles. The van der Waals surface area contributed by atoms with Gasteiger partial charge in [-0.2, -0.15) is 10.5 Å². The molecular weight excluding hydrogens is 625 g/mol. The summed E-state index contributed by atoms with van der Waals surface area (Å²) in [5, 5.41) is 27.1. The molecule has 50 heavy (non-hydrogen) atoms. The van der Waals surface area contributed by atoms with E-state index in [2.05, 4.69) is 143 Å². The standard InChI is InChI=1S/C45H28N4Si/c1-48-35-21-25-45-43(29-35)42-26-32(30-46)20-24-44(42)49(45)36-22-23-41(34(27-36)31-47)33-12-11-19-40(28-33)50(37-13-5-2-6-14-37,38-15-7-3-8-16-38)39-17-9-4-10-18-39/h2-29H. The lowest BCUT2D eigenvalue weighted by Gasteiger charge is -2.34. The van der Waals surface area contributed by atoms with Crippen molar-refractivity contribution in [3.05, 3.63) is 192 Å². The molecule has 7 aromatic carbocycles. The van der Waals surface area contributed by atoms with Crippen LogP contribution in [0.2, 0.25) is 0 Å². The van der Waals surface area contributed by atoms with Crippen LogP contribution < -0.4 is 20.7 Å². The Bertz CT molecular complexity index is 2510. The second-order valence-electron chi connectivity index (χ2n) is 12.3. The highest BCUT2D eigenvalue weighted by Crippen LogP contribution is 2.36. The van der Waals surface area contributed by atoms with E-state index in [0.717, 1.165) is 38.6 Å². The van der Waals surface area contributed by atoms with E-state index in [1.807, 2.05) is 42.5 Å². The first-order valence-corrected chi connectivity index (χ1v) is 18.3. The van der Waals surface area contributed by atoms with E-state index in [0.29, 0.717) is 16.8 Å². The molecule has 0 bridgehead atoms. The molecule has 8 aromatic rings. The molecule has 0 radical (unpaired) electrons. The van der Waals surface area contributed by atoms with Crippen molar-refractivity contribution in [1.29, 1.82) is 10.5 Å². The molecule has 232 valence electrons. The molecule has 0 atom stereocenters. The lowest BCUT2D eigenvalue weighted by Crippen LogP contribution is -2.74. The molecule has 0 fully saturated rings. The van der Waals surface area contributed by atoms with E-state index in [9.17, 15) is 10.5 Å². The first kappa shape index (κ1) is 30.4. The molecule has 0 saturated carbocycles. The van der Waals surface area contributed by atoms with Crippen LogP contribution in [-0.4, -0.2) is 12.6 Å². The Hall–Kier alpha value is -6.97. The molecule has 0 aliphatic heterocycles. The normalized spacial score (nSPS) is 11.1. The van der Waals surface area contributed by atoms with Gasteiger partial charge in [-0.1, -0.05) is 127 Å². The topological polar surface area (TPSA) is 56.9 Å². The molecule has 4 nitrogen and oxygen atoms in total. The average Bonchev–Trinajstić information content (AvgIpc) is 3.52. The van der Waals surface area contributed by atoms with Crippen LogP contribution in [0.3, 0.4) is 0 Å². The zero-order chi connectivity index (χ0) is 34.1. The fourth-order valence-electron chi connectivity index (χ4n) is 7.43. The number of aromatic nitrogens is 1. The average molecular weight is 653 g/mol. The van der Waals surface area contributed by atoms with Gasteiger partial charge in [-0.25, -0.2) is 4.85 Å². The maximum Gasteiger partial charge on any atom is 0.188 e. The van der Waals surface area contributed by atoms with Crippen LogP contribution >= 0.6 is 0 Å². The zero-order valence-corrected chi connectivity index (χ0v) is 28.0. The Kier molecular flexibility index (Phi) is 7.63. The molecule has 8 rings (SSSR count). The molecule has 0 aliphatic rings. The van der Waals surface area contributed by atoms with Gasteiger partial charge in [-0.3, -0.25) is 0 Å². The molecule has 0 amide bonds. The number of nitrogens with zero attached hydrogens (tertiary/aromatic N) is 4. The van der Waals surface area contributed by atoms with Crippen molar-refractivity contribution in [1.82, 2.24) is 4.57 Å². The molecule has 0 spiro atoms. The summed E-state index contributed by atoms with van der Waals surface area (Å²) in [5.41, 5.74) is 6.14. The van der Waals surface area contributed by atoms with Crippen LogP contribution in [0.5, 0.6) is 0 Å². The van der Waals surface area contributed by atoms with Crippen LogP contribution in [0, 0.1) is 29.2 Å². The number of hydrogen-bond donors (Lipinski definition) is 0. The second kappa shape index (κ2) is 12.6. The molecular formula is C45H28N4Si. The van der Waals surface area contributed by atoms with E-state index >= 15 is 0 Å². The van der Waals surface area contributed by atoms with Gasteiger partial charge < -0.3 is 4.57 Å². The number of rotatable bonds is 6. The Balaban J connectivity index is 1.33. The molecule has 0 saturated heterocycles. The first-order valence-electron chi connectivity index (χ1n) is 16.3. The third-order valence-corrected chi connectivity index (χ3v) is 14.4. The van der Waals surface area contributed by atoms with Crippen LogP contribution in [-0.2, 0) is 0 Å². The van der Waals surface area contributed by atoms with Crippen molar-refractivity contribution in [3.63, 3.8) is 0 Å². The summed E-state index contributed by atoms with van der Waals surface area (Å²) in [6.45, 7) is 7.57. The minimum atomic E-state index is -2.75. The summed E-state index contributed by atoms with van der Waals surface area (Å²) in [6, 6.07) is 63.2. The van der Waals surface area contributed by atoms with Crippen molar-refractivity contribution < 1.29 is 0 Å². The monoisotopic (exact) mass is 652 g/mol. The van der Waals surface area contributed by atoms with Gasteiger partial charge in [0.15, 0.2) is 13.8 Å². The lowest BCUT2D eigenvalue weighted by atomic mass is 9.99. The second-order valence-corrected chi connectivity index (χ2v) is 16.1. The number of fused-ring (bicyclic) bond motifs is 3. The predicted molar refractivity (Wildman–Crippen MR) is 206 cm³/mol. The summed E-state index contributed by atoms with van der Waals surface area (Å²) >= 11 is 0. The SMILES string of the molecule is [C-]#[N+]c1ccc2c(c1)c1cc(C#N)ccc1n2-c1ccc(-c2cccc([Si](c3ccccc3)(c3ccccc3)c3ccccc3)c2)c(C#N)c1. The predicted octanol–water partition coefficient (Wildman–Crippen LogP) is 8.12. The highest BCUT2D eigenvalue weighted by atomic mass is 28.3. The van der Waals surface area contributed by atoms with Gasteiger partial charge >= 0.3 is 0 Å². The summed E-state index contributed by atoms with van der Waals surface area (Å²) in [4.78, 5) is 3.64. The minimum absolute atomic E-state index is 0.535. The smallest absolute Gasteiger partial charge is 0.188 e. The third kappa shape index (κ3) is 4.88. The Morgan fingerprint density at radius 2 is 1.10 bits per heavy atom. The minimum Gasteiger partial charge on any atom is -0.309 e. The van der Waals surface area contributed by atoms with Gasteiger partial charge in [-0.15, -0.1) is 0 Å². The fourth-order valence-corrected chi connectivity index (χ4v) is 12.2. The van der Waals surface area contributed by atoms with E-state index in [1.165, 1.54) is 20.7 Å². The number of nitriles is 2. The van der Waals surface area contributed by atoms with Crippen LogP contribution in [0.4, 0.5) is 5.69 Å². The highest BCUT2D eigenvalue weighted by Gasteiger charge is 2.41. The maximum absolute atomic E-state index is 10.6. The van der Waals surface area contributed by atoms with Crippen molar-refractivity contribution >= 4 is 56.3 Å². The largest absolute Gasteiger partial charge is 0.309 e. The van der Waals surface area contributed by atoms with E-state index in [4.69, 9.17) is 6.57 Å². The van der Waals surface area contributed by atoms with Gasteiger partial charge in [0.25, 0.3) is 0 Å². The third-order valence-electron chi connectivity index (χ3n) is 9.62. The quantitative estimate of drug-likeness (QED) is 0.104. The summed E-state index contributed by atoms with van der Waals surface area (Å²) in [5.74, 6) is 0. The van der Waals surface area contributed by atoms with Crippen molar-refractivity contribution in [2.24, 2.45) is 0 Å². The zero-order valence-electron chi connectivity index (χ0n) is 27.0. The fraction of sp³-hybridized carbons (Fsp3) is 0. The Morgan fingerprint density at radius 3 is 1.68 bits per heavy atom. The molecule has 0 aliphatic carbocycles. The van der Waals surface area contributed by atoms with Gasteiger partial charge in [0.05, 0.1) is 40.9 Å². The summed E-state index contributed by atoms with van der Waals surface area (Å²) in [7, 11) is -2.75. The number of benzene rings is 7. The van der Waals surface area contributed by atoms with E-state index < -0.39 is 8.07 Å². The van der Waals surface area contributed by atoms with Gasteiger partial charge in [0, 0.05) is 11.1 Å².